The lowest BCUT2D eigenvalue weighted by Gasteiger charge is -2.33. The highest BCUT2D eigenvalue weighted by Crippen LogP contribution is 2.20. The van der Waals surface area contributed by atoms with E-state index < -0.39 is 27.6 Å². The molecular formula is C12H13BrFNO3S. The minimum absolute atomic E-state index is 0.0412. The Bertz CT molecular complexity index is 617. The fraction of sp³-hybridized carbons (Fsp3) is 0.417. The second-order valence-electron chi connectivity index (χ2n) is 4.59. The molecule has 1 aliphatic heterocycles. The number of benzene rings is 1. The minimum Gasteiger partial charge on any atom is -0.334 e. The van der Waals surface area contributed by atoms with E-state index in [1.54, 1.807) is 6.92 Å². The first-order valence-corrected chi connectivity index (χ1v) is 8.38. The second kappa shape index (κ2) is 5.20. The number of hydrogen-bond donors (Lipinski definition) is 0. The molecule has 1 aromatic rings. The molecule has 0 radical (unpaired) electrons. The number of rotatable bonds is 1. The smallest absolute Gasteiger partial charge is 0.257 e. The normalized spacial score (nSPS) is 22.3. The van der Waals surface area contributed by atoms with Gasteiger partial charge in [0.05, 0.1) is 17.1 Å². The summed E-state index contributed by atoms with van der Waals surface area (Å²) in [5.41, 5.74) is -0.0412. The number of sulfone groups is 1. The van der Waals surface area contributed by atoms with Crippen LogP contribution in [0, 0.1) is 5.82 Å². The third-order valence-corrected chi connectivity index (χ3v) is 5.38. The molecule has 7 heteroatoms. The van der Waals surface area contributed by atoms with Gasteiger partial charge in [-0.1, -0.05) is 15.9 Å². The molecule has 104 valence electrons. The number of carbonyl (C=O) groups excluding carboxylic acids is 1. The predicted molar refractivity (Wildman–Crippen MR) is 73.3 cm³/mol. The Morgan fingerprint density at radius 1 is 1.47 bits per heavy atom. The fourth-order valence-electron chi connectivity index (χ4n) is 2.12. The number of hydrogen-bond acceptors (Lipinski definition) is 3. The molecule has 1 aliphatic rings. The number of halogens is 2. The Kier molecular flexibility index (Phi) is 3.96. The van der Waals surface area contributed by atoms with Crippen molar-refractivity contribution in [2.45, 2.75) is 13.0 Å². The van der Waals surface area contributed by atoms with Gasteiger partial charge in [-0.05, 0) is 25.1 Å². The van der Waals surface area contributed by atoms with Crippen molar-refractivity contribution in [2.24, 2.45) is 0 Å². The lowest BCUT2D eigenvalue weighted by molar-refractivity contribution is 0.0708. The Hall–Kier alpha value is -0.950. The van der Waals surface area contributed by atoms with Crippen molar-refractivity contribution in [2.75, 3.05) is 18.1 Å². The molecule has 1 amide bonds. The van der Waals surface area contributed by atoms with Crippen LogP contribution in [0.15, 0.2) is 22.7 Å². The molecule has 2 rings (SSSR count). The summed E-state index contributed by atoms with van der Waals surface area (Å²) in [5.74, 6) is -1.22. The molecule has 0 aromatic heterocycles. The van der Waals surface area contributed by atoms with Crippen molar-refractivity contribution < 1.29 is 17.6 Å². The molecule has 0 saturated carbocycles. The summed E-state index contributed by atoms with van der Waals surface area (Å²) >= 11 is 3.19. The van der Waals surface area contributed by atoms with Gasteiger partial charge in [0.25, 0.3) is 5.91 Å². The van der Waals surface area contributed by atoms with E-state index in [2.05, 4.69) is 15.9 Å². The van der Waals surface area contributed by atoms with Crippen molar-refractivity contribution in [1.82, 2.24) is 4.90 Å². The molecule has 0 aliphatic carbocycles. The van der Waals surface area contributed by atoms with Crippen LogP contribution in [-0.4, -0.2) is 43.3 Å². The van der Waals surface area contributed by atoms with E-state index in [-0.39, 0.29) is 23.6 Å². The number of nitrogens with zero attached hydrogens (tertiary/aromatic N) is 1. The Morgan fingerprint density at radius 2 is 2.16 bits per heavy atom. The van der Waals surface area contributed by atoms with Gasteiger partial charge >= 0.3 is 0 Å². The van der Waals surface area contributed by atoms with Crippen molar-refractivity contribution >= 4 is 31.7 Å². The maximum atomic E-state index is 13.7. The van der Waals surface area contributed by atoms with Crippen LogP contribution in [0.2, 0.25) is 0 Å². The lowest BCUT2D eigenvalue weighted by atomic mass is 10.1. The summed E-state index contributed by atoms with van der Waals surface area (Å²) in [7, 11) is -3.10. The molecule has 19 heavy (non-hydrogen) atoms. The van der Waals surface area contributed by atoms with Crippen LogP contribution in [0.25, 0.3) is 0 Å². The van der Waals surface area contributed by atoms with Crippen molar-refractivity contribution in [3.05, 3.63) is 34.1 Å². The average molecular weight is 350 g/mol. The SMILES string of the molecule is CC1CS(=O)(=O)CCN1C(=O)c1cc(Br)ccc1F. The van der Waals surface area contributed by atoms with Gasteiger partial charge in [-0.3, -0.25) is 4.79 Å². The third-order valence-electron chi connectivity index (χ3n) is 3.09. The Morgan fingerprint density at radius 3 is 2.79 bits per heavy atom. The molecule has 0 N–H and O–H groups in total. The number of carbonyl (C=O) groups is 1. The van der Waals surface area contributed by atoms with E-state index in [0.29, 0.717) is 4.47 Å². The molecule has 1 aromatic carbocycles. The Balaban J connectivity index is 2.27. The van der Waals surface area contributed by atoms with Crippen LogP contribution >= 0.6 is 15.9 Å². The molecule has 4 nitrogen and oxygen atoms in total. The highest BCUT2D eigenvalue weighted by Gasteiger charge is 2.32. The van der Waals surface area contributed by atoms with Crippen LogP contribution in [0.1, 0.15) is 17.3 Å². The summed E-state index contributed by atoms with van der Waals surface area (Å²) in [6.45, 7) is 1.76. The molecule has 1 atom stereocenters. The van der Waals surface area contributed by atoms with Crippen LogP contribution in [-0.2, 0) is 9.84 Å². The summed E-state index contributed by atoms with van der Waals surface area (Å²) in [6.07, 6.45) is 0. The van der Waals surface area contributed by atoms with E-state index in [1.807, 2.05) is 0 Å². The molecule has 0 spiro atoms. The van der Waals surface area contributed by atoms with E-state index in [0.717, 1.165) is 0 Å². The van der Waals surface area contributed by atoms with E-state index in [9.17, 15) is 17.6 Å². The quantitative estimate of drug-likeness (QED) is 0.777. The van der Waals surface area contributed by atoms with Crippen molar-refractivity contribution in [3.63, 3.8) is 0 Å². The molecule has 1 heterocycles. The van der Waals surface area contributed by atoms with E-state index in [1.165, 1.54) is 23.1 Å². The van der Waals surface area contributed by atoms with Gasteiger partial charge in [-0.25, -0.2) is 12.8 Å². The maximum absolute atomic E-state index is 13.7. The average Bonchev–Trinajstić information content (AvgIpc) is 2.30. The topological polar surface area (TPSA) is 54.5 Å². The van der Waals surface area contributed by atoms with Crippen LogP contribution in [0.4, 0.5) is 4.39 Å². The highest BCUT2D eigenvalue weighted by atomic mass is 79.9. The van der Waals surface area contributed by atoms with Crippen LogP contribution in [0.5, 0.6) is 0 Å². The minimum atomic E-state index is -3.10. The largest absolute Gasteiger partial charge is 0.334 e. The van der Waals surface area contributed by atoms with Gasteiger partial charge in [0.2, 0.25) is 0 Å². The van der Waals surface area contributed by atoms with E-state index in [4.69, 9.17) is 0 Å². The molecule has 1 saturated heterocycles. The summed E-state index contributed by atoms with van der Waals surface area (Å²) in [5, 5.41) is 0. The molecule has 0 bridgehead atoms. The summed E-state index contributed by atoms with van der Waals surface area (Å²) < 4.78 is 37.2. The van der Waals surface area contributed by atoms with Gasteiger partial charge in [0.15, 0.2) is 9.84 Å². The van der Waals surface area contributed by atoms with Crippen molar-refractivity contribution in [1.29, 1.82) is 0 Å². The lowest BCUT2D eigenvalue weighted by Crippen LogP contribution is -2.49. The highest BCUT2D eigenvalue weighted by molar-refractivity contribution is 9.10. The second-order valence-corrected chi connectivity index (χ2v) is 7.73. The first-order valence-electron chi connectivity index (χ1n) is 5.76. The van der Waals surface area contributed by atoms with Crippen LogP contribution < -0.4 is 0 Å². The number of amides is 1. The Labute approximate surface area is 119 Å². The van der Waals surface area contributed by atoms with Gasteiger partial charge in [0.1, 0.15) is 5.82 Å². The third kappa shape index (κ3) is 3.14. The van der Waals surface area contributed by atoms with Gasteiger partial charge < -0.3 is 4.90 Å². The summed E-state index contributed by atoms with van der Waals surface area (Å²) in [6, 6.07) is 3.69. The van der Waals surface area contributed by atoms with Crippen molar-refractivity contribution in [3.8, 4) is 0 Å². The predicted octanol–water partition coefficient (Wildman–Crippen LogP) is 1.85. The standard InChI is InChI=1S/C12H13BrFNO3S/c1-8-7-19(17,18)5-4-15(8)12(16)10-6-9(13)2-3-11(10)14/h2-3,6,8H,4-5,7H2,1H3. The maximum Gasteiger partial charge on any atom is 0.257 e. The van der Waals surface area contributed by atoms with Gasteiger partial charge in [0, 0.05) is 17.1 Å². The zero-order valence-corrected chi connectivity index (χ0v) is 12.7. The van der Waals surface area contributed by atoms with E-state index >= 15 is 0 Å². The monoisotopic (exact) mass is 349 g/mol. The fourth-order valence-corrected chi connectivity index (χ4v) is 4.03. The zero-order valence-electron chi connectivity index (χ0n) is 10.3. The summed E-state index contributed by atoms with van der Waals surface area (Å²) in [4.78, 5) is 13.7. The molecular weight excluding hydrogens is 337 g/mol. The first-order chi connectivity index (χ1) is 8.80. The molecule has 1 fully saturated rings. The van der Waals surface area contributed by atoms with Crippen LogP contribution in [0.3, 0.4) is 0 Å². The zero-order chi connectivity index (χ0) is 14.2. The van der Waals surface area contributed by atoms with Gasteiger partial charge in [-0.2, -0.15) is 0 Å². The van der Waals surface area contributed by atoms with Gasteiger partial charge in [-0.15, -0.1) is 0 Å². The molecule has 1 unspecified atom stereocenters. The first kappa shape index (κ1) is 14.5.